The van der Waals surface area contributed by atoms with Gasteiger partial charge in [-0.1, -0.05) is 33.6 Å². The summed E-state index contributed by atoms with van der Waals surface area (Å²) in [7, 11) is -0.852. The van der Waals surface area contributed by atoms with Gasteiger partial charge in [0, 0.05) is 24.3 Å². The molecule has 0 unspecified atom stereocenters. The van der Waals surface area contributed by atoms with E-state index in [-0.39, 0.29) is 16.3 Å². The standard InChI is InChI=1S/C20H21BrN4O3S/c1-13-5-8-16(9-6-13)29(27,28)25(4)20-17(12-22-24(20)3)19(26)23-18-10-7-15(21)11-14(18)2/h5-12H,1-4H3,(H,23,26). The second-order valence-corrected chi connectivity index (χ2v) is 9.59. The minimum absolute atomic E-state index is 0.141. The van der Waals surface area contributed by atoms with Crippen molar-refractivity contribution in [3.8, 4) is 0 Å². The Bertz CT molecular complexity index is 1170. The van der Waals surface area contributed by atoms with Crippen molar-refractivity contribution in [3.63, 3.8) is 0 Å². The Morgan fingerprint density at radius 2 is 1.79 bits per heavy atom. The van der Waals surface area contributed by atoms with Gasteiger partial charge < -0.3 is 5.32 Å². The predicted molar refractivity (Wildman–Crippen MR) is 117 cm³/mol. The topological polar surface area (TPSA) is 84.3 Å². The summed E-state index contributed by atoms with van der Waals surface area (Å²) in [6.45, 7) is 3.76. The first-order chi connectivity index (χ1) is 13.6. The van der Waals surface area contributed by atoms with E-state index in [9.17, 15) is 13.2 Å². The van der Waals surface area contributed by atoms with Crippen molar-refractivity contribution < 1.29 is 13.2 Å². The first-order valence-electron chi connectivity index (χ1n) is 8.76. The zero-order chi connectivity index (χ0) is 21.3. The first kappa shape index (κ1) is 21.1. The van der Waals surface area contributed by atoms with E-state index < -0.39 is 15.9 Å². The van der Waals surface area contributed by atoms with Gasteiger partial charge in [-0.25, -0.2) is 8.42 Å². The molecule has 0 saturated carbocycles. The lowest BCUT2D eigenvalue weighted by Gasteiger charge is -2.21. The maximum Gasteiger partial charge on any atom is 0.265 e. The summed E-state index contributed by atoms with van der Waals surface area (Å²) in [5, 5.41) is 6.93. The third-order valence-corrected chi connectivity index (χ3v) is 6.82. The normalized spacial score (nSPS) is 11.3. The predicted octanol–water partition coefficient (Wildman–Crippen LogP) is 3.88. The third kappa shape index (κ3) is 4.20. The van der Waals surface area contributed by atoms with Crippen LogP contribution in [0.1, 0.15) is 21.5 Å². The van der Waals surface area contributed by atoms with Crippen molar-refractivity contribution >= 4 is 43.4 Å². The Hall–Kier alpha value is -2.65. The van der Waals surface area contributed by atoms with Crippen LogP contribution in [0.5, 0.6) is 0 Å². The lowest BCUT2D eigenvalue weighted by Crippen LogP contribution is -2.30. The van der Waals surface area contributed by atoms with Crippen LogP contribution in [-0.4, -0.2) is 31.2 Å². The highest BCUT2D eigenvalue weighted by atomic mass is 79.9. The number of anilines is 2. The number of amides is 1. The number of nitrogens with one attached hydrogen (secondary N) is 1. The Kier molecular flexibility index (Phi) is 5.81. The quantitative estimate of drug-likeness (QED) is 0.605. The molecule has 3 rings (SSSR count). The highest BCUT2D eigenvalue weighted by Crippen LogP contribution is 2.27. The summed E-state index contributed by atoms with van der Waals surface area (Å²) in [6, 6.07) is 12.0. The van der Waals surface area contributed by atoms with Gasteiger partial charge in [-0.15, -0.1) is 0 Å². The zero-order valence-electron chi connectivity index (χ0n) is 16.5. The monoisotopic (exact) mass is 476 g/mol. The van der Waals surface area contributed by atoms with Crippen molar-refractivity contribution in [3.05, 3.63) is 69.8 Å². The van der Waals surface area contributed by atoms with Gasteiger partial charge in [0.05, 0.1) is 11.1 Å². The maximum atomic E-state index is 13.1. The molecule has 3 aromatic rings. The fourth-order valence-corrected chi connectivity index (χ4v) is 4.62. The largest absolute Gasteiger partial charge is 0.322 e. The number of sulfonamides is 1. The van der Waals surface area contributed by atoms with Crippen LogP contribution in [0.15, 0.2) is 58.0 Å². The van der Waals surface area contributed by atoms with E-state index in [0.29, 0.717) is 5.69 Å². The lowest BCUT2D eigenvalue weighted by molar-refractivity contribution is 0.102. The highest BCUT2D eigenvalue weighted by Gasteiger charge is 2.28. The van der Waals surface area contributed by atoms with Crippen LogP contribution in [-0.2, 0) is 17.1 Å². The Balaban J connectivity index is 1.96. The Morgan fingerprint density at radius 3 is 2.41 bits per heavy atom. The van der Waals surface area contributed by atoms with E-state index in [1.807, 2.05) is 26.0 Å². The average molecular weight is 477 g/mol. The molecule has 0 aliphatic heterocycles. The van der Waals surface area contributed by atoms with Gasteiger partial charge in [-0.3, -0.25) is 13.8 Å². The van der Waals surface area contributed by atoms with Gasteiger partial charge in [0.25, 0.3) is 15.9 Å². The van der Waals surface area contributed by atoms with Gasteiger partial charge in [-0.2, -0.15) is 5.10 Å². The number of aromatic nitrogens is 2. The third-order valence-electron chi connectivity index (χ3n) is 4.57. The van der Waals surface area contributed by atoms with E-state index in [4.69, 9.17) is 0 Å². The molecule has 29 heavy (non-hydrogen) atoms. The summed E-state index contributed by atoms with van der Waals surface area (Å²) < 4.78 is 29.5. The SMILES string of the molecule is Cc1ccc(S(=O)(=O)N(C)c2c(C(=O)Nc3ccc(Br)cc3C)cnn2C)cc1. The number of carbonyl (C=O) groups excluding carboxylic acids is 1. The number of halogens is 1. The molecule has 0 saturated heterocycles. The zero-order valence-corrected chi connectivity index (χ0v) is 18.9. The smallest absolute Gasteiger partial charge is 0.265 e. The van der Waals surface area contributed by atoms with Crippen LogP contribution in [0.25, 0.3) is 0 Å². The van der Waals surface area contributed by atoms with Crippen molar-refractivity contribution in [2.24, 2.45) is 7.05 Å². The first-order valence-corrected chi connectivity index (χ1v) is 11.0. The molecule has 9 heteroatoms. The molecule has 0 spiro atoms. The average Bonchev–Trinajstić information content (AvgIpc) is 3.05. The second kappa shape index (κ2) is 8.00. The summed E-state index contributed by atoms with van der Waals surface area (Å²) in [4.78, 5) is 13.0. The molecule has 1 aromatic heterocycles. The maximum absolute atomic E-state index is 13.1. The van der Waals surface area contributed by atoms with Crippen molar-refractivity contribution in [2.75, 3.05) is 16.7 Å². The van der Waals surface area contributed by atoms with Crippen molar-refractivity contribution in [1.82, 2.24) is 9.78 Å². The van der Waals surface area contributed by atoms with Gasteiger partial charge in [-0.05, 0) is 49.7 Å². The molecule has 0 aliphatic carbocycles. The fraction of sp³-hybridized carbons (Fsp3) is 0.200. The Labute approximate surface area is 178 Å². The minimum Gasteiger partial charge on any atom is -0.322 e. The molecule has 1 N–H and O–H groups in total. The highest BCUT2D eigenvalue weighted by molar-refractivity contribution is 9.10. The number of aryl methyl sites for hydroxylation is 3. The molecule has 0 bridgehead atoms. The van der Waals surface area contributed by atoms with Crippen LogP contribution >= 0.6 is 15.9 Å². The van der Waals surface area contributed by atoms with E-state index >= 15 is 0 Å². The van der Waals surface area contributed by atoms with E-state index in [0.717, 1.165) is 19.9 Å². The molecule has 0 fully saturated rings. The van der Waals surface area contributed by atoms with Crippen LogP contribution < -0.4 is 9.62 Å². The number of benzene rings is 2. The summed E-state index contributed by atoms with van der Waals surface area (Å²) in [5.41, 5.74) is 2.63. The van der Waals surface area contributed by atoms with E-state index in [1.165, 1.54) is 17.9 Å². The molecule has 7 nitrogen and oxygen atoms in total. The number of hydrogen-bond acceptors (Lipinski definition) is 4. The molecule has 1 heterocycles. The Morgan fingerprint density at radius 1 is 1.14 bits per heavy atom. The van der Waals surface area contributed by atoms with E-state index in [1.54, 1.807) is 37.4 Å². The second-order valence-electron chi connectivity index (χ2n) is 6.70. The summed E-state index contributed by atoms with van der Waals surface area (Å²) in [6.07, 6.45) is 1.36. The molecular formula is C20H21BrN4O3S. The van der Waals surface area contributed by atoms with E-state index in [2.05, 4.69) is 26.3 Å². The molecule has 1 amide bonds. The van der Waals surface area contributed by atoms with Gasteiger partial charge >= 0.3 is 0 Å². The number of carbonyl (C=O) groups is 1. The summed E-state index contributed by atoms with van der Waals surface area (Å²) >= 11 is 3.39. The minimum atomic E-state index is -3.86. The lowest BCUT2D eigenvalue weighted by atomic mass is 10.2. The molecule has 0 aliphatic rings. The molecular weight excluding hydrogens is 456 g/mol. The van der Waals surface area contributed by atoms with Gasteiger partial charge in [0.15, 0.2) is 5.82 Å². The van der Waals surface area contributed by atoms with Gasteiger partial charge in [0.1, 0.15) is 5.56 Å². The van der Waals surface area contributed by atoms with Crippen molar-refractivity contribution in [2.45, 2.75) is 18.7 Å². The number of nitrogens with zero attached hydrogens (tertiary/aromatic N) is 3. The number of rotatable bonds is 5. The number of hydrogen-bond donors (Lipinski definition) is 1. The van der Waals surface area contributed by atoms with Crippen LogP contribution in [0.3, 0.4) is 0 Å². The van der Waals surface area contributed by atoms with Gasteiger partial charge in [0.2, 0.25) is 0 Å². The molecule has 2 aromatic carbocycles. The van der Waals surface area contributed by atoms with Crippen LogP contribution in [0, 0.1) is 13.8 Å². The van der Waals surface area contributed by atoms with Crippen molar-refractivity contribution in [1.29, 1.82) is 0 Å². The fourth-order valence-electron chi connectivity index (χ4n) is 2.90. The van der Waals surface area contributed by atoms with Crippen LogP contribution in [0.4, 0.5) is 11.5 Å². The van der Waals surface area contributed by atoms with Crippen LogP contribution in [0.2, 0.25) is 0 Å². The summed E-state index contributed by atoms with van der Waals surface area (Å²) in [5.74, 6) is -0.262. The molecule has 152 valence electrons. The molecule has 0 radical (unpaired) electrons. The molecule has 0 atom stereocenters.